The average molecular weight is 433 g/mol. The topological polar surface area (TPSA) is 86.1 Å². The highest BCUT2D eigenvalue weighted by Gasteiger charge is 2.22. The standard InChI is InChI=1S/C25H28N4O3/c1-18(20-8-3-2-4-9-20)25(31)26-24(15-29-14-22(16-30)27-28-29)21-10-12-23(13-11-21)32-17-19-6-5-7-19/h2-4,8-14,16,18-19,24H,5-7,15,17H2,1H3,(H,26,31)/t18-,24-/m0/s1. The molecule has 1 amide bonds. The molecule has 0 unspecified atom stereocenters. The SMILES string of the molecule is C[C@H](C(=O)N[C@@H](Cn1cc(C=O)nn1)c1ccc(OCC2CCC2)cc1)c1ccccc1. The zero-order valence-electron chi connectivity index (χ0n) is 18.2. The van der Waals surface area contributed by atoms with E-state index in [9.17, 15) is 9.59 Å². The van der Waals surface area contributed by atoms with Gasteiger partial charge in [0.15, 0.2) is 6.29 Å². The van der Waals surface area contributed by atoms with Crippen LogP contribution in [0.15, 0.2) is 60.8 Å². The smallest absolute Gasteiger partial charge is 0.227 e. The fourth-order valence-electron chi connectivity index (χ4n) is 3.74. The van der Waals surface area contributed by atoms with E-state index in [0.29, 0.717) is 18.7 Å². The molecular formula is C25H28N4O3. The summed E-state index contributed by atoms with van der Waals surface area (Å²) in [5.41, 5.74) is 2.14. The summed E-state index contributed by atoms with van der Waals surface area (Å²) in [7, 11) is 0. The Hall–Kier alpha value is -3.48. The first-order valence-electron chi connectivity index (χ1n) is 11.1. The van der Waals surface area contributed by atoms with Gasteiger partial charge in [0.2, 0.25) is 5.91 Å². The lowest BCUT2D eigenvalue weighted by molar-refractivity contribution is -0.123. The molecule has 0 radical (unpaired) electrons. The molecule has 0 saturated heterocycles. The molecule has 2 atom stereocenters. The highest BCUT2D eigenvalue weighted by molar-refractivity contribution is 5.83. The van der Waals surface area contributed by atoms with Crippen LogP contribution in [-0.4, -0.2) is 33.8 Å². The highest BCUT2D eigenvalue weighted by atomic mass is 16.5. The molecular weight excluding hydrogens is 404 g/mol. The third-order valence-electron chi connectivity index (χ3n) is 6.05. The van der Waals surface area contributed by atoms with Crippen molar-refractivity contribution in [1.29, 1.82) is 0 Å². The molecule has 4 rings (SSSR count). The molecule has 1 N–H and O–H groups in total. The third-order valence-corrected chi connectivity index (χ3v) is 6.05. The lowest BCUT2D eigenvalue weighted by atomic mass is 9.86. The summed E-state index contributed by atoms with van der Waals surface area (Å²) in [6.45, 7) is 3.00. The van der Waals surface area contributed by atoms with Gasteiger partial charge in [-0.3, -0.25) is 9.59 Å². The van der Waals surface area contributed by atoms with E-state index in [2.05, 4.69) is 15.6 Å². The first kappa shape index (κ1) is 21.7. The Kier molecular flexibility index (Phi) is 6.94. The van der Waals surface area contributed by atoms with E-state index in [4.69, 9.17) is 4.74 Å². The summed E-state index contributed by atoms with van der Waals surface area (Å²) in [6.07, 6.45) is 6.01. The lowest BCUT2D eigenvalue weighted by Crippen LogP contribution is -2.34. The second-order valence-electron chi connectivity index (χ2n) is 8.35. The summed E-state index contributed by atoms with van der Waals surface area (Å²) in [5.74, 6) is 1.11. The zero-order valence-corrected chi connectivity index (χ0v) is 18.2. The van der Waals surface area contributed by atoms with Gasteiger partial charge in [-0.05, 0) is 48.9 Å². The van der Waals surface area contributed by atoms with Gasteiger partial charge in [0.05, 0.1) is 31.3 Å². The second kappa shape index (κ2) is 10.2. The largest absolute Gasteiger partial charge is 0.493 e. The Morgan fingerprint density at radius 3 is 2.53 bits per heavy atom. The Morgan fingerprint density at radius 1 is 1.16 bits per heavy atom. The Labute approximate surface area is 187 Å². The maximum absolute atomic E-state index is 13.0. The summed E-state index contributed by atoms with van der Waals surface area (Å²) < 4.78 is 7.48. The zero-order chi connectivity index (χ0) is 22.3. The van der Waals surface area contributed by atoms with Crippen LogP contribution in [0.1, 0.15) is 59.8 Å². The number of hydrogen-bond donors (Lipinski definition) is 1. The molecule has 7 heteroatoms. The van der Waals surface area contributed by atoms with Crippen LogP contribution in [0, 0.1) is 5.92 Å². The summed E-state index contributed by atoms with van der Waals surface area (Å²) in [6, 6.07) is 17.1. The maximum Gasteiger partial charge on any atom is 0.227 e. The van der Waals surface area contributed by atoms with Crippen LogP contribution >= 0.6 is 0 Å². The van der Waals surface area contributed by atoms with Crippen molar-refractivity contribution in [1.82, 2.24) is 20.3 Å². The monoisotopic (exact) mass is 432 g/mol. The number of rotatable bonds is 10. The van der Waals surface area contributed by atoms with Gasteiger partial charge in [-0.2, -0.15) is 0 Å². The minimum Gasteiger partial charge on any atom is -0.493 e. The van der Waals surface area contributed by atoms with Gasteiger partial charge in [-0.1, -0.05) is 54.1 Å². The fraction of sp³-hybridized carbons (Fsp3) is 0.360. The van der Waals surface area contributed by atoms with Crippen LogP contribution in [0.3, 0.4) is 0 Å². The second-order valence-corrected chi connectivity index (χ2v) is 8.35. The van der Waals surface area contributed by atoms with Gasteiger partial charge < -0.3 is 10.1 Å². The lowest BCUT2D eigenvalue weighted by Gasteiger charge is -2.25. The molecule has 3 aromatic rings. The van der Waals surface area contributed by atoms with Gasteiger partial charge in [0, 0.05) is 0 Å². The van der Waals surface area contributed by atoms with Crippen LogP contribution in [0.5, 0.6) is 5.75 Å². The molecule has 1 heterocycles. The van der Waals surface area contributed by atoms with E-state index in [1.807, 2.05) is 61.5 Å². The number of hydrogen-bond acceptors (Lipinski definition) is 5. The van der Waals surface area contributed by atoms with Gasteiger partial charge in [0.1, 0.15) is 11.4 Å². The molecule has 1 saturated carbocycles. The number of nitrogens with zero attached hydrogens (tertiary/aromatic N) is 3. The van der Waals surface area contributed by atoms with Crippen LogP contribution in [0.25, 0.3) is 0 Å². The number of ether oxygens (including phenoxy) is 1. The first-order valence-corrected chi connectivity index (χ1v) is 11.1. The quantitative estimate of drug-likeness (QED) is 0.491. The first-order chi connectivity index (χ1) is 15.6. The molecule has 7 nitrogen and oxygen atoms in total. The highest BCUT2D eigenvalue weighted by Crippen LogP contribution is 2.28. The van der Waals surface area contributed by atoms with Crippen molar-refractivity contribution in [2.45, 2.75) is 44.7 Å². The van der Waals surface area contributed by atoms with Crippen LogP contribution in [0.4, 0.5) is 0 Å². The van der Waals surface area contributed by atoms with Gasteiger partial charge in [0.25, 0.3) is 0 Å². The van der Waals surface area contributed by atoms with Crippen molar-refractivity contribution in [3.8, 4) is 5.75 Å². The normalized spacial score (nSPS) is 15.4. The predicted molar refractivity (Wildman–Crippen MR) is 120 cm³/mol. The van der Waals surface area contributed by atoms with E-state index in [1.54, 1.807) is 10.9 Å². The minimum absolute atomic E-state index is 0.0813. The third kappa shape index (κ3) is 5.41. The number of aromatic nitrogens is 3. The van der Waals surface area contributed by atoms with Gasteiger partial charge in [-0.15, -0.1) is 5.10 Å². The van der Waals surface area contributed by atoms with Crippen molar-refractivity contribution < 1.29 is 14.3 Å². The van der Waals surface area contributed by atoms with E-state index >= 15 is 0 Å². The molecule has 1 aliphatic carbocycles. The summed E-state index contributed by atoms with van der Waals surface area (Å²) in [5, 5.41) is 11.0. The van der Waals surface area contributed by atoms with Crippen LogP contribution in [0.2, 0.25) is 0 Å². The molecule has 1 aliphatic rings. The van der Waals surface area contributed by atoms with Crippen molar-refractivity contribution in [3.05, 3.63) is 77.6 Å². The van der Waals surface area contributed by atoms with E-state index in [0.717, 1.165) is 23.5 Å². The van der Waals surface area contributed by atoms with Gasteiger partial charge >= 0.3 is 0 Å². The molecule has 0 bridgehead atoms. The number of benzene rings is 2. The predicted octanol–water partition coefficient (Wildman–Crippen LogP) is 3.93. The Bertz CT molecular complexity index is 1030. The molecule has 2 aromatic carbocycles. The van der Waals surface area contributed by atoms with E-state index < -0.39 is 0 Å². The fourth-order valence-corrected chi connectivity index (χ4v) is 3.74. The average Bonchev–Trinajstić information content (AvgIpc) is 3.26. The molecule has 1 aromatic heterocycles. The van der Waals surface area contributed by atoms with Crippen LogP contribution < -0.4 is 10.1 Å². The minimum atomic E-state index is -0.337. The van der Waals surface area contributed by atoms with Crippen molar-refractivity contribution >= 4 is 12.2 Å². The molecule has 0 aliphatic heterocycles. The number of amides is 1. The molecule has 1 fully saturated rings. The number of aldehydes is 1. The Balaban J connectivity index is 1.48. The molecule has 166 valence electrons. The Morgan fingerprint density at radius 2 is 1.91 bits per heavy atom. The van der Waals surface area contributed by atoms with Crippen molar-refractivity contribution in [2.24, 2.45) is 5.92 Å². The summed E-state index contributed by atoms with van der Waals surface area (Å²) in [4.78, 5) is 24.0. The number of carbonyl (C=O) groups excluding carboxylic acids is 2. The number of carbonyl (C=O) groups is 2. The molecule has 32 heavy (non-hydrogen) atoms. The maximum atomic E-state index is 13.0. The van der Waals surface area contributed by atoms with Gasteiger partial charge in [-0.25, -0.2) is 4.68 Å². The van der Waals surface area contributed by atoms with E-state index in [-0.39, 0.29) is 23.6 Å². The van der Waals surface area contributed by atoms with E-state index in [1.165, 1.54) is 19.3 Å². The summed E-state index contributed by atoms with van der Waals surface area (Å²) >= 11 is 0. The number of nitrogens with one attached hydrogen (secondary N) is 1. The van der Waals surface area contributed by atoms with Crippen molar-refractivity contribution in [3.63, 3.8) is 0 Å². The molecule has 0 spiro atoms. The van der Waals surface area contributed by atoms with Crippen molar-refractivity contribution in [2.75, 3.05) is 6.61 Å². The van der Waals surface area contributed by atoms with Crippen LogP contribution in [-0.2, 0) is 11.3 Å².